The molecule has 1 heterocycles. The van der Waals surface area contributed by atoms with E-state index in [-0.39, 0.29) is 10.5 Å². The number of hydrazone groups is 1. The third-order valence-corrected chi connectivity index (χ3v) is 4.54. The topological polar surface area (TPSA) is 135 Å². The summed E-state index contributed by atoms with van der Waals surface area (Å²) in [5, 5.41) is 18.0. The highest BCUT2D eigenvalue weighted by atomic mass is 32.2. The summed E-state index contributed by atoms with van der Waals surface area (Å²) in [5.41, 5.74) is 4.28. The second-order valence-electron chi connectivity index (χ2n) is 5.52. The first-order valence-electron chi connectivity index (χ1n) is 7.68. The van der Waals surface area contributed by atoms with Gasteiger partial charge in [0, 0.05) is 5.56 Å². The van der Waals surface area contributed by atoms with Crippen molar-refractivity contribution in [2.45, 2.75) is 4.90 Å². The number of primary sulfonamides is 1. The first-order valence-corrected chi connectivity index (χ1v) is 9.23. The Hall–Kier alpha value is -3.43. The molecule has 0 saturated heterocycles. The number of nitrogens with one attached hydrogen (secondary N) is 1. The summed E-state index contributed by atoms with van der Waals surface area (Å²) in [6.07, 6.45) is 1.47. The molecule has 0 aliphatic heterocycles. The molecule has 27 heavy (non-hydrogen) atoms. The number of carboxylic acid groups (broad SMARTS) is 1. The Morgan fingerprint density at radius 1 is 1.04 bits per heavy atom. The molecule has 3 aromatic rings. The fourth-order valence-electron chi connectivity index (χ4n) is 2.24. The molecule has 3 rings (SSSR count). The van der Waals surface area contributed by atoms with Crippen molar-refractivity contribution in [1.29, 1.82) is 0 Å². The van der Waals surface area contributed by atoms with E-state index in [9.17, 15) is 13.2 Å². The van der Waals surface area contributed by atoms with Crippen LogP contribution in [0, 0.1) is 0 Å². The molecule has 0 bridgehead atoms. The van der Waals surface area contributed by atoms with Crippen LogP contribution in [0.1, 0.15) is 16.1 Å². The normalized spacial score (nSPS) is 11.6. The van der Waals surface area contributed by atoms with Crippen molar-refractivity contribution in [2.75, 3.05) is 5.43 Å². The molecular weight excluding hydrogens is 370 g/mol. The molecule has 0 aliphatic carbocycles. The lowest BCUT2D eigenvalue weighted by molar-refractivity contribution is 0.0697. The SMILES string of the molecule is NS(=O)(=O)c1ccc(-c2ccc(C=NNc3ccc(C(=O)O)cc3)o2)cc1. The molecule has 0 aliphatic rings. The van der Waals surface area contributed by atoms with Gasteiger partial charge in [-0.2, -0.15) is 5.10 Å². The van der Waals surface area contributed by atoms with E-state index >= 15 is 0 Å². The second kappa shape index (κ2) is 7.44. The van der Waals surface area contributed by atoms with Crippen LogP contribution >= 0.6 is 0 Å². The number of hydrogen-bond acceptors (Lipinski definition) is 6. The van der Waals surface area contributed by atoms with Crippen LogP contribution in [0.4, 0.5) is 5.69 Å². The van der Waals surface area contributed by atoms with E-state index in [4.69, 9.17) is 14.7 Å². The molecule has 0 unspecified atom stereocenters. The molecule has 2 aromatic carbocycles. The van der Waals surface area contributed by atoms with Crippen molar-refractivity contribution < 1.29 is 22.7 Å². The molecule has 4 N–H and O–H groups in total. The average molecular weight is 385 g/mol. The Balaban J connectivity index is 1.67. The number of benzene rings is 2. The van der Waals surface area contributed by atoms with E-state index in [1.807, 2.05) is 0 Å². The van der Waals surface area contributed by atoms with Crippen molar-refractivity contribution in [2.24, 2.45) is 10.2 Å². The Bertz CT molecular complexity index is 1080. The van der Waals surface area contributed by atoms with Crippen molar-refractivity contribution in [1.82, 2.24) is 0 Å². The Kier molecular flexibility index (Phi) is 5.06. The summed E-state index contributed by atoms with van der Waals surface area (Å²) >= 11 is 0. The first-order chi connectivity index (χ1) is 12.8. The maximum atomic E-state index is 11.3. The van der Waals surface area contributed by atoms with Crippen LogP contribution in [0.15, 0.2) is 75.1 Å². The number of nitrogens with two attached hydrogens (primary N) is 1. The average Bonchev–Trinajstić information content (AvgIpc) is 3.10. The number of furan rings is 1. The fourth-order valence-corrected chi connectivity index (χ4v) is 2.76. The Labute approximate surface area is 155 Å². The lowest BCUT2D eigenvalue weighted by Crippen LogP contribution is -2.11. The van der Waals surface area contributed by atoms with Crippen LogP contribution in [-0.4, -0.2) is 25.7 Å². The highest BCUT2D eigenvalue weighted by Crippen LogP contribution is 2.23. The van der Waals surface area contributed by atoms with E-state index in [1.54, 1.807) is 36.4 Å². The molecule has 0 amide bonds. The number of rotatable bonds is 6. The summed E-state index contributed by atoms with van der Waals surface area (Å²) in [7, 11) is -3.74. The van der Waals surface area contributed by atoms with Crippen LogP contribution in [0.25, 0.3) is 11.3 Å². The van der Waals surface area contributed by atoms with Crippen LogP contribution in [0.2, 0.25) is 0 Å². The van der Waals surface area contributed by atoms with Gasteiger partial charge >= 0.3 is 5.97 Å². The third kappa shape index (κ3) is 4.60. The summed E-state index contributed by atoms with van der Waals surface area (Å²) in [6.45, 7) is 0. The Morgan fingerprint density at radius 2 is 1.70 bits per heavy atom. The van der Waals surface area contributed by atoms with Crippen LogP contribution in [0.5, 0.6) is 0 Å². The minimum absolute atomic E-state index is 0.0257. The van der Waals surface area contributed by atoms with Crippen LogP contribution in [-0.2, 0) is 10.0 Å². The number of sulfonamides is 1. The molecular formula is C18H15N3O5S. The summed E-state index contributed by atoms with van der Waals surface area (Å²) in [4.78, 5) is 10.8. The lowest BCUT2D eigenvalue weighted by Gasteiger charge is -2.00. The van der Waals surface area contributed by atoms with Gasteiger partial charge in [0.2, 0.25) is 10.0 Å². The van der Waals surface area contributed by atoms with Gasteiger partial charge in [0.25, 0.3) is 0 Å². The maximum absolute atomic E-state index is 11.3. The molecule has 0 radical (unpaired) electrons. The van der Waals surface area contributed by atoms with E-state index in [2.05, 4.69) is 10.5 Å². The van der Waals surface area contributed by atoms with Gasteiger partial charge in [-0.1, -0.05) is 0 Å². The quantitative estimate of drug-likeness (QED) is 0.441. The predicted octanol–water partition coefficient (Wildman–Crippen LogP) is 2.74. The van der Waals surface area contributed by atoms with Crippen LogP contribution in [0.3, 0.4) is 0 Å². The van der Waals surface area contributed by atoms with Crippen molar-refractivity contribution >= 4 is 27.9 Å². The number of carbonyl (C=O) groups is 1. The van der Waals surface area contributed by atoms with Gasteiger partial charge in [-0.05, 0) is 60.7 Å². The number of hydrogen-bond donors (Lipinski definition) is 3. The number of aromatic carboxylic acids is 1. The van der Waals surface area contributed by atoms with Gasteiger partial charge < -0.3 is 9.52 Å². The highest BCUT2D eigenvalue weighted by Gasteiger charge is 2.09. The van der Waals surface area contributed by atoms with E-state index in [0.717, 1.165) is 0 Å². The van der Waals surface area contributed by atoms with Gasteiger partial charge in [-0.25, -0.2) is 18.4 Å². The van der Waals surface area contributed by atoms with E-state index in [0.29, 0.717) is 22.8 Å². The summed E-state index contributed by atoms with van der Waals surface area (Å²) in [5.74, 6) is 0.0312. The van der Waals surface area contributed by atoms with Gasteiger partial charge in [-0.15, -0.1) is 0 Å². The Morgan fingerprint density at radius 3 is 2.30 bits per heavy atom. The molecule has 9 heteroatoms. The van der Waals surface area contributed by atoms with E-state index < -0.39 is 16.0 Å². The maximum Gasteiger partial charge on any atom is 0.335 e. The van der Waals surface area contributed by atoms with Crippen molar-refractivity contribution in [3.05, 3.63) is 72.0 Å². The minimum Gasteiger partial charge on any atom is -0.478 e. The second-order valence-corrected chi connectivity index (χ2v) is 7.09. The smallest absolute Gasteiger partial charge is 0.335 e. The molecule has 0 atom stereocenters. The zero-order valence-corrected chi connectivity index (χ0v) is 14.7. The summed E-state index contributed by atoms with van der Waals surface area (Å²) < 4.78 is 28.2. The first kappa shape index (κ1) is 18.4. The zero-order valence-electron chi connectivity index (χ0n) is 13.9. The third-order valence-electron chi connectivity index (χ3n) is 3.61. The van der Waals surface area contributed by atoms with Crippen molar-refractivity contribution in [3.8, 4) is 11.3 Å². The molecule has 0 fully saturated rings. The number of nitrogens with zero attached hydrogens (tertiary/aromatic N) is 1. The lowest BCUT2D eigenvalue weighted by atomic mass is 10.2. The fraction of sp³-hybridized carbons (Fsp3) is 0. The highest BCUT2D eigenvalue weighted by molar-refractivity contribution is 7.89. The molecule has 138 valence electrons. The van der Waals surface area contributed by atoms with Gasteiger partial charge in [-0.3, -0.25) is 5.43 Å². The minimum atomic E-state index is -3.74. The molecule has 8 nitrogen and oxygen atoms in total. The molecule has 0 saturated carbocycles. The summed E-state index contributed by atoms with van der Waals surface area (Å²) in [6, 6.07) is 15.6. The number of carboxylic acids is 1. The van der Waals surface area contributed by atoms with Crippen molar-refractivity contribution in [3.63, 3.8) is 0 Å². The van der Waals surface area contributed by atoms with Gasteiger partial charge in [0.1, 0.15) is 11.5 Å². The largest absolute Gasteiger partial charge is 0.478 e. The van der Waals surface area contributed by atoms with E-state index in [1.165, 1.54) is 30.5 Å². The molecule has 1 aromatic heterocycles. The van der Waals surface area contributed by atoms with Gasteiger partial charge in [0.05, 0.1) is 22.4 Å². The van der Waals surface area contributed by atoms with Gasteiger partial charge in [0.15, 0.2) is 0 Å². The van der Waals surface area contributed by atoms with Crippen LogP contribution < -0.4 is 10.6 Å². The number of anilines is 1. The monoisotopic (exact) mass is 385 g/mol. The molecule has 0 spiro atoms. The zero-order chi connectivity index (χ0) is 19.4. The standard InChI is InChI=1S/C18H15N3O5S/c19-27(24,25)16-8-3-12(4-9-16)17-10-7-15(26-17)11-20-21-14-5-1-13(2-6-14)18(22)23/h1-11,21H,(H,22,23)(H2,19,24,25). The predicted molar refractivity (Wildman–Crippen MR) is 100 cm³/mol.